The number of benzene rings is 2. The summed E-state index contributed by atoms with van der Waals surface area (Å²) < 4.78 is 63.0. The van der Waals surface area contributed by atoms with Crippen molar-refractivity contribution in [2.75, 3.05) is 0 Å². The summed E-state index contributed by atoms with van der Waals surface area (Å²) in [6.07, 6.45) is 0. The molecule has 2 aromatic carbocycles. The van der Waals surface area contributed by atoms with Gasteiger partial charge in [0.15, 0.2) is 0 Å². The molecule has 0 aliphatic carbocycles. The van der Waals surface area contributed by atoms with Gasteiger partial charge in [-0.05, 0) is 37.1 Å². The quantitative estimate of drug-likeness (QED) is 0.553. The van der Waals surface area contributed by atoms with Gasteiger partial charge in [-0.3, -0.25) is 0 Å². The Bertz CT molecular complexity index is 787. The molecule has 0 saturated carbocycles. The molecule has 23 heavy (non-hydrogen) atoms. The van der Waals surface area contributed by atoms with Crippen LogP contribution in [0.1, 0.15) is 11.1 Å². The van der Waals surface area contributed by atoms with E-state index in [2.05, 4.69) is 0 Å². The molecule has 120 valence electrons. The van der Waals surface area contributed by atoms with Crippen LogP contribution in [0.3, 0.4) is 0 Å². The fourth-order valence-corrected chi connectivity index (χ4v) is 3.09. The van der Waals surface area contributed by atoms with Gasteiger partial charge in [0.25, 0.3) is 0 Å². The molecule has 0 bridgehead atoms. The zero-order chi connectivity index (χ0) is 17.0. The zero-order valence-electron chi connectivity index (χ0n) is 12.6. The van der Waals surface area contributed by atoms with Crippen molar-refractivity contribution >= 4 is 20.2 Å². The summed E-state index contributed by atoms with van der Waals surface area (Å²) in [5.41, 5.74) is 0.977. The second kappa shape index (κ2) is 8.66. The monoisotopic (exact) mass is 406 g/mol. The second-order valence-corrected chi connectivity index (χ2v) is 7.14. The molecule has 9 heteroatoms. The minimum Gasteiger partial charge on any atom is -0.744 e. The van der Waals surface area contributed by atoms with E-state index in [1.165, 1.54) is 24.3 Å². The van der Waals surface area contributed by atoms with Crippen LogP contribution < -0.4 is 0 Å². The summed E-state index contributed by atoms with van der Waals surface area (Å²) >= 11 is 0. The van der Waals surface area contributed by atoms with Crippen molar-refractivity contribution in [3.05, 3.63) is 59.7 Å². The largest absolute Gasteiger partial charge is 2.00 e. The molecule has 0 heterocycles. The molecule has 0 aliphatic rings. The normalized spacial score (nSPS) is 11.0. The third-order valence-corrected chi connectivity index (χ3v) is 4.72. The van der Waals surface area contributed by atoms with Gasteiger partial charge in [0.05, 0.1) is 9.79 Å². The van der Waals surface area contributed by atoms with Crippen LogP contribution in [-0.4, -0.2) is 25.9 Å². The predicted molar refractivity (Wildman–Crippen MR) is 78.3 cm³/mol. The zero-order valence-corrected chi connectivity index (χ0v) is 17.2. The first-order valence-electron chi connectivity index (χ1n) is 6.06. The van der Waals surface area contributed by atoms with E-state index < -0.39 is 20.2 Å². The summed E-state index contributed by atoms with van der Waals surface area (Å²) in [7, 11) is -8.57. The smallest absolute Gasteiger partial charge is 0.744 e. The molecule has 2 rings (SSSR count). The molecule has 0 fully saturated rings. The molecule has 6 nitrogen and oxygen atoms in total. The molecule has 0 amide bonds. The van der Waals surface area contributed by atoms with Gasteiger partial charge in [0, 0.05) is 0 Å². The van der Waals surface area contributed by atoms with Crippen LogP contribution in [0.5, 0.6) is 0 Å². The third kappa shape index (κ3) is 6.89. The average molecular weight is 408 g/mol. The van der Waals surface area contributed by atoms with E-state index in [9.17, 15) is 25.9 Å². The molecule has 0 unspecified atom stereocenters. The first-order valence-corrected chi connectivity index (χ1v) is 8.88. The van der Waals surface area contributed by atoms with E-state index >= 15 is 0 Å². The van der Waals surface area contributed by atoms with Gasteiger partial charge in [-0.15, -0.1) is 0 Å². The summed E-state index contributed by atoms with van der Waals surface area (Å²) in [5.74, 6) is 0. The molecule has 0 aliphatic heterocycles. The van der Waals surface area contributed by atoms with Crippen LogP contribution in [0.15, 0.2) is 58.3 Å². The Morgan fingerprint density at radius 1 is 0.652 bits per heavy atom. The molecule has 0 atom stereocenters. The van der Waals surface area contributed by atoms with Crippen LogP contribution in [0.2, 0.25) is 0 Å². The van der Waals surface area contributed by atoms with Crippen LogP contribution in [0, 0.1) is 13.8 Å². The number of rotatable bonds is 2. The van der Waals surface area contributed by atoms with E-state index in [0.717, 1.165) is 0 Å². The van der Waals surface area contributed by atoms with E-state index in [-0.39, 0.29) is 29.3 Å². The first kappa shape index (κ1) is 21.9. The van der Waals surface area contributed by atoms with E-state index in [4.69, 9.17) is 0 Å². The van der Waals surface area contributed by atoms with Gasteiger partial charge in [-0.2, -0.15) is 0 Å². The number of aryl methyl sites for hydroxylation is 2. The topological polar surface area (TPSA) is 114 Å². The SMILES string of the molecule is Cc1ccccc1S(=O)(=O)[O-].Cc1ccccc1S(=O)(=O)[O-].[Zn+2]. The van der Waals surface area contributed by atoms with Crippen molar-refractivity contribution in [2.24, 2.45) is 0 Å². The van der Waals surface area contributed by atoms with Crippen molar-refractivity contribution in [1.29, 1.82) is 0 Å². The number of hydrogen-bond donors (Lipinski definition) is 0. The summed E-state index contributed by atoms with van der Waals surface area (Å²) in [6.45, 7) is 3.18. The minimum atomic E-state index is -4.28. The molecular formula is C14H14O6S2Zn. The average Bonchev–Trinajstić information content (AvgIpc) is 2.37. The van der Waals surface area contributed by atoms with Gasteiger partial charge in [-0.1, -0.05) is 36.4 Å². The Morgan fingerprint density at radius 3 is 1.09 bits per heavy atom. The molecule has 0 saturated heterocycles. The Hall–Kier alpha value is -1.12. The first-order chi connectivity index (χ1) is 10.0. The molecule has 2 aromatic rings. The van der Waals surface area contributed by atoms with Crippen LogP contribution in [-0.2, 0) is 39.7 Å². The van der Waals surface area contributed by atoms with E-state index in [1.54, 1.807) is 38.1 Å². The summed E-state index contributed by atoms with van der Waals surface area (Å²) in [5, 5.41) is 0. The third-order valence-electron chi connectivity index (χ3n) is 2.73. The van der Waals surface area contributed by atoms with Crippen LogP contribution in [0.25, 0.3) is 0 Å². The predicted octanol–water partition coefficient (Wildman–Crippen LogP) is 1.80. The van der Waals surface area contributed by atoms with Gasteiger partial charge in [0.2, 0.25) is 0 Å². The maximum atomic E-state index is 10.5. The summed E-state index contributed by atoms with van der Waals surface area (Å²) in [6, 6.07) is 12.2. The van der Waals surface area contributed by atoms with Crippen molar-refractivity contribution in [2.45, 2.75) is 23.6 Å². The summed E-state index contributed by atoms with van der Waals surface area (Å²) in [4.78, 5) is -0.278. The molecule has 0 N–H and O–H groups in total. The van der Waals surface area contributed by atoms with Gasteiger partial charge in [-0.25, -0.2) is 16.8 Å². The van der Waals surface area contributed by atoms with Crippen molar-refractivity contribution in [3.63, 3.8) is 0 Å². The fraction of sp³-hybridized carbons (Fsp3) is 0.143. The van der Waals surface area contributed by atoms with E-state index in [1.807, 2.05) is 0 Å². The Morgan fingerprint density at radius 2 is 0.913 bits per heavy atom. The second-order valence-electron chi connectivity index (χ2n) is 4.44. The molecule has 0 radical (unpaired) electrons. The van der Waals surface area contributed by atoms with Gasteiger partial charge >= 0.3 is 19.5 Å². The molecular weight excluding hydrogens is 394 g/mol. The van der Waals surface area contributed by atoms with Gasteiger partial charge < -0.3 is 9.11 Å². The van der Waals surface area contributed by atoms with Crippen molar-refractivity contribution in [3.8, 4) is 0 Å². The van der Waals surface area contributed by atoms with Gasteiger partial charge in [0.1, 0.15) is 20.2 Å². The maximum Gasteiger partial charge on any atom is 2.00 e. The molecule has 0 aromatic heterocycles. The maximum absolute atomic E-state index is 10.5. The van der Waals surface area contributed by atoms with Crippen molar-refractivity contribution < 1.29 is 45.4 Å². The van der Waals surface area contributed by atoms with E-state index in [0.29, 0.717) is 11.1 Å². The van der Waals surface area contributed by atoms with Crippen LogP contribution in [0.4, 0.5) is 0 Å². The fourth-order valence-electron chi connectivity index (χ4n) is 1.67. The Labute approximate surface area is 148 Å². The number of hydrogen-bond acceptors (Lipinski definition) is 6. The Balaban J connectivity index is 0.000000403. The van der Waals surface area contributed by atoms with Crippen molar-refractivity contribution in [1.82, 2.24) is 0 Å². The molecule has 0 spiro atoms. The minimum absolute atomic E-state index is 0. The van der Waals surface area contributed by atoms with Crippen LogP contribution >= 0.6 is 0 Å². The standard InChI is InChI=1S/2C7H8O3S.Zn/c2*1-6-4-2-3-5-7(6)11(8,9)10;/h2*2-5H,1H3,(H,8,9,10);/q;;+2/p-2. The Kier molecular flexibility index (Phi) is 8.24.